The smallest absolute Gasteiger partial charge is 0.252 e. The third-order valence-corrected chi connectivity index (χ3v) is 15.7. The van der Waals surface area contributed by atoms with E-state index < -0.39 is 8.07 Å². The quantitative estimate of drug-likeness (QED) is 0.252. The number of fused-ring (bicyclic) bond motifs is 9. The highest BCUT2D eigenvalue weighted by molar-refractivity contribution is 7.22. The van der Waals surface area contributed by atoms with E-state index in [2.05, 4.69) is 173 Å². The number of hydrogen-bond donors (Lipinski definition) is 0. The first-order valence-corrected chi connectivity index (χ1v) is 18.2. The maximum atomic E-state index is 2.61. The van der Waals surface area contributed by atoms with Gasteiger partial charge in [0.2, 0.25) is 0 Å². The van der Waals surface area contributed by atoms with Gasteiger partial charge in [0.25, 0.3) is 6.71 Å². The van der Waals surface area contributed by atoms with Gasteiger partial charge >= 0.3 is 0 Å². The molecule has 3 aliphatic rings. The Morgan fingerprint density at radius 3 is 1.85 bits per heavy atom. The van der Waals surface area contributed by atoms with Gasteiger partial charge in [0.1, 0.15) is 0 Å². The molecule has 4 heterocycles. The van der Waals surface area contributed by atoms with Gasteiger partial charge in [-0.1, -0.05) is 140 Å². The van der Waals surface area contributed by atoms with Gasteiger partial charge < -0.3 is 9.47 Å². The maximum Gasteiger partial charge on any atom is 0.252 e. The molecule has 0 radical (unpaired) electrons. The van der Waals surface area contributed by atoms with Crippen molar-refractivity contribution in [2.45, 2.75) is 0 Å². The van der Waals surface area contributed by atoms with E-state index in [0.29, 0.717) is 0 Å². The summed E-state index contributed by atoms with van der Waals surface area (Å²) >= 11 is 0. The largest absolute Gasteiger partial charge is 0.312 e. The zero-order valence-corrected chi connectivity index (χ0v) is 26.1. The molecule has 0 bridgehead atoms. The molecule has 2 nitrogen and oxygen atoms in total. The molecule has 0 atom stereocenters. The summed E-state index contributed by atoms with van der Waals surface area (Å²) in [4.78, 5) is 2.61. The zero-order chi connectivity index (χ0) is 30.0. The summed E-state index contributed by atoms with van der Waals surface area (Å²) in [5.41, 5.74) is 12.1. The van der Waals surface area contributed by atoms with Crippen LogP contribution in [0.15, 0.2) is 164 Å². The number of rotatable bonds is 2. The third-order valence-electron chi connectivity index (χ3n) is 10.8. The van der Waals surface area contributed by atoms with Crippen LogP contribution in [0.25, 0.3) is 27.5 Å². The van der Waals surface area contributed by atoms with Gasteiger partial charge in [-0.15, -0.1) is 0 Å². The van der Waals surface area contributed by atoms with Crippen molar-refractivity contribution in [3.05, 3.63) is 164 Å². The predicted octanol–water partition coefficient (Wildman–Crippen LogP) is 5.09. The molecular weight excluding hydrogens is 571 g/mol. The average Bonchev–Trinajstić information content (AvgIpc) is 3.47. The fourth-order valence-corrected chi connectivity index (χ4v) is 14.4. The SMILES string of the molecule is c1ccc([Si]2(c3ccccc3)c3ccccc3N3c4cccc5c4B(c4cccc2c43)c2cccc3c4ccccc4n-5c23)cc1. The normalized spacial score (nSPS) is 14.6. The second-order valence-electron chi connectivity index (χ2n) is 12.8. The van der Waals surface area contributed by atoms with Gasteiger partial charge in [-0.25, -0.2) is 0 Å². The van der Waals surface area contributed by atoms with E-state index in [1.165, 1.54) is 81.7 Å². The molecule has 3 aliphatic heterocycles. The van der Waals surface area contributed by atoms with Gasteiger partial charge in [-0.3, -0.25) is 0 Å². The lowest BCUT2D eigenvalue weighted by Gasteiger charge is -2.49. The Hall–Kier alpha value is -5.58. The minimum atomic E-state index is -2.70. The van der Waals surface area contributed by atoms with Crippen molar-refractivity contribution in [2.75, 3.05) is 4.90 Å². The first-order chi connectivity index (χ1) is 22.9. The Bertz CT molecular complexity index is 2510. The molecule has 8 aromatic rings. The topological polar surface area (TPSA) is 8.17 Å². The second kappa shape index (κ2) is 8.78. The van der Waals surface area contributed by atoms with E-state index in [-0.39, 0.29) is 6.71 Å². The molecule has 0 aliphatic carbocycles. The molecule has 4 heteroatoms. The van der Waals surface area contributed by atoms with E-state index in [0.717, 1.165) is 0 Å². The lowest BCUT2D eigenvalue weighted by atomic mass is 9.34. The molecule has 1 aromatic heterocycles. The highest BCUT2D eigenvalue weighted by Crippen LogP contribution is 2.42. The van der Waals surface area contributed by atoms with Gasteiger partial charge in [0.05, 0.1) is 5.52 Å². The summed E-state index contributed by atoms with van der Waals surface area (Å²) in [6, 6.07) is 62.0. The standard InChI is InChI=1S/C42H27BN2Si/c1-3-14-28(15-4-1)46(29-16-5-2-6-17-29)38-26-10-9-23-35(38)45-37-25-13-24-36-40(37)43(33-21-12-27-39(46)42(33)45)32-20-11-19-31-30-18-7-8-22-34(30)44(36)41(31)32/h1-27H. The summed E-state index contributed by atoms with van der Waals surface area (Å²) in [5, 5.41) is 8.41. The predicted molar refractivity (Wildman–Crippen MR) is 197 cm³/mol. The van der Waals surface area contributed by atoms with Crippen LogP contribution in [-0.4, -0.2) is 19.4 Å². The summed E-state index contributed by atoms with van der Waals surface area (Å²) < 4.78 is 2.53. The van der Waals surface area contributed by atoms with Gasteiger partial charge in [-0.05, 0) is 61.4 Å². The highest BCUT2D eigenvalue weighted by atomic mass is 28.3. The Morgan fingerprint density at radius 1 is 0.435 bits per heavy atom. The summed E-state index contributed by atoms with van der Waals surface area (Å²) in [7, 11) is -2.70. The van der Waals surface area contributed by atoms with Crippen LogP contribution in [0.1, 0.15) is 0 Å². The molecule has 0 fully saturated rings. The van der Waals surface area contributed by atoms with Crippen LogP contribution in [0.5, 0.6) is 0 Å². The van der Waals surface area contributed by atoms with Crippen LogP contribution in [0, 0.1) is 0 Å². The van der Waals surface area contributed by atoms with Crippen LogP contribution in [0.2, 0.25) is 0 Å². The minimum Gasteiger partial charge on any atom is -0.312 e. The number of aromatic nitrogens is 1. The van der Waals surface area contributed by atoms with Crippen molar-refractivity contribution in [1.82, 2.24) is 4.57 Å². The summed E-state index contributed by atoms with van der Waals surface area (Å²) in [6.45, 7) is 0.140. The van der Waals surface area contributed by atoms with E-state index in [4.69, 9.17) is 0 Å². The molecule has 46 heavy (non-hydrogen) atoms. The molecule has 212 valence electrons. The Kier molecular flexibility index (Phi) is 4.72. The fourth-order valence-electron chi connectivity index (χ4n) is 9.25. The van der Waals surface area contributed by atoms with Crippen LogP contribution in [-0.2, 0) is 0 Å². The first kappa shape index (κ1) is 24.7. The first-order valence-electron chi connectivity index (χ1n) is 16.2. The van der Waals surface area contributed by atoms with Crippen LogP contribution in [0.3, 0.4) is 0 Å². The molecule has 0 unspecified atom stereocenters. The number of nitrogens with zero attached hydrogens (tertiary/aromatic N) is 2. The molecule has 7 aromatic carbocycles. The van der Waals surface area contributed by atoms with Crippen LogP contribution < -0.4 is 42.0 Å². The summed E-state index contributed by atoms with van der Waals surface area (Å²) in [6.07, 6.45) is 0. The monoisotopic (exact) mass is 598 g/mol. The van der Waals surface area contributed by atoms with E-state index in [1.807, 2.05) is 0 Å². The molecule has 0 spiro atoms. The van der Waals surface area contributed by atoms with Crippen molar-refractivity contribution in [2.24, 2.45) is 0 Å². The lowest BCUT2D eigenvalue weighted by molar-refractivity contribution is 1.18. The lowest BCUT2D eigenvalue weighted by Crippen LogP contribution is -2.79. The van der Waals surface area contributed by atoms with E-state index in [9.17, 15) is 0 Å². The van der Waals surface area contributed by atoms with E-state index in [1.54, 1.807) is 0 Å². The number of para-hydroxylation sites is 4. The maximum absolute atomic E-state index is 2.70. The molecule has 11 rings (SSSR count). The van der Waals surface area contributed by atoms with Crippen LogP contribution in [0.4, 0.5) is 17.1 Å². The molecule has 0 saturated carbocycles. The minimum absolute atomic E-state index is 0.140. The number of benzene rings is 7. The fraction of sp³-hybridized carbons (Fsp3) is 0. The van der Waals surface area contributed by atoms with Crippen molar-refractivity contribution in [1.29, 1.82) is 0 Å². The van der Waals surface area contributed by atoms with Crippen molar-refractivity contribution in [3.8, 4) is 5.69 Å². The average molecular weight is 599 g/mol. The number of hydrogen-bond acceptors (Lipinski definition) is 1. The molecule has 0 N–H and O–H groups in total. The van der Waals surface area contributed by atoms with Gasteiger partial charge in [0, 0.05) is 39.0 Å². The van der Waals surface area contributed by atoms with Gasteiger partial charge in [-0.2, -0.15) is 0 Å². The Labute approximate surface area is 268 Å². The Morgan fingerprint density at radius 2 is 1.02 bits per heavy atom. The highest BCUT2D eigenvalue weighted by Gasteiger charge is 2.52. The van der Waals surface area contributed by atoms with Crippen LogP contribution >= 0.6 is 0 Å². The van der Waals surface area contributed by atoms with Crippen molar-refractivity contribution in [3.63, 3.8) is 0 Å². The van der Waals surface area contributed by atoms with Gasteiger partial charge in [0.15, 0.2) is 8.07 Å². The number of anilines is 3. The molecular formula is C42H27BN2Si. The zero-order valence-electron chi connectivity index (χ0n) is 25.1. The second-order valence-corrected chi connectivity index (χ2v) is 16.5. The van der Waals surface area contributed by atoms with Crippen molar-refractivity contribution >= 4 is 90.8 Å². The third kappa shape index (κ3) is 2.81. The molecule has 0 saturated heterocycles. The summed E-state index contributed by atoms with van der Waals surface area (Å²) in [5.74, 6) is 0. The van der Waals surface area contributed by atoms with Crippen molar-refractivity contribution < 1.29 is 0 Å². The van der Waals surface area contributed by atoms with E-state index >= 15 is 0 Å². The molecule has 0 amide bonds. The Balaban J connectivity index is 1.34.